The average molecular weight is 292 g/mol. The van der Waals surface area contributed by atoms with Gasteiger partial charge in [-0.1, -0.05) is 12.1 Å². The molecule has 0 saturated carbocycles. The number of H-pyrrole nitrogens is 1. The van der Waals surface area contributed by atoms with E-state index in [1.54, 1.807) is 29.7 Å². The maximum atomic E-state index is 11.3. The van der Waals surface area contributed by atoms with Crippen molar-refractivity contribution in [3.63, 3.8) is 0 Å². The normalized spacial score (nSPS) is 11.6. The van der Waals surface area contributed by atoms with E-state index in [0.29, 0.717) is 21.7 Å². The first-order chi connectivity index (χ1) is 9.23. The number of aromatic nitrogens is 3. The Morgan fingerprint density at radius 2 is 2.05 bits per heavy atom. The number of hydrogen-bond donors (Lipinski definition) is 1. The number of para-hydroxylation sites is 1. The summed E-state index contributed by atoms with van der Waals surface area (Å²) >= 11 is 5.24. The van der Waals surface area contributed by atoms with E-state index >= 15 is 0 Å². The van der Waals surface area contributed by atoms with E-state index in [-0.39, 0.29) is 16.1 Å². The molecule has 7 heteroatoms. The minimum absolute atomic E-state index is 0.0620. The third-order valence-electron chi connectivity index (χ3n) is 3.00. The van der Waals surface area contributed by atoms with Gasteiger partial charge in [0.2, 0.25) is 0 Å². The lowest BCUT2D eigenvalue weighted by molar-refractivity contribution is -0.384. The Labute approximate surface area is 121 Å². The molecule has 106 valence electrons. The molecule has 1 aromatic carbocycles. The molecule has 0 aliphatic carbocycles. The molecule has 2 rings (SSSR count). The highest BCUT2D eigenvalue weighted by molar-refractivity contribution is 7.71. The zero-order valence-electron chi connectivity index (χ0n) is 11.8. The Morgan fingerprint density at radius 1 is 1.40 bits per heavy atom. The summed E-state index contributed by atoms with van der Waals surface area (Å²) in [5.41, 5.74) is 0.808. The van der Waals surface area contributed by atoms with Crippen LogP contribution in [0.25, 0.3) is 11.4 Å². The summed E-state index contributed by atoms with van der Waals surface area (Å²) in [6.07, 6.45) is 0. The molecular formula is C13H16N4O2S. The minimum atomic E-state index is -0.380. The number of benzene rings is 1. The van der Waals surface area contributed by atoms with Crippen molar-refractivity contribution in [2.24, 2.45) is 0 Å². The van der Waals surface area contributed by atoms with Crippen molar-refractivity contribution in [2.75, 3.05) is 0 Å². The number of rotatable bonds is 2. The van der Waals surface area contributed by atoms with Crippen LogP contribution >= 0.6 is 12.2 Å². The summed E-state index contributed by atoms with van der Waals surface area (Å²) in [7, 11) is 0. The molecule has 0 saturated heterocycles. The second-order valence-corrected chi connectivity index (χ2v) is 5.97. The fraction of sp³-hybridized carbons (Fsp3) is 0.385. The maximum absolute atomic E-state index is 11.3. The van der Waals surface area contributed by atoms with Crippen LogP contribution in [0.5, 0.6) is 0 Å². The van der Waals surface area contributed by atoms with Crippen molar-refractivity contribution in [2.45, 2.75) is 33.2 Å². The van der Waals surface area contributed by atoms with Crippen LogP contribution in [0.2, 0.25) is 0 Å². The van der Waals surface area contributed by atoms with Gasteiger partial charge < -0.3 is 0 Å². The third-order valence-corrected chi connectivity index (χ3v) is 3.28. The summed E-state index contributed by atoms with van der Waals surface area (Å²) in [6.45, 7) is 7.64. The second-order valence-electron chi connectivity index (χ2n) is 5.59. The van der Waals surface area contributed by atoms with E-state index in [1.165, 1.54) is 0 Å². The molecule has 0 bridgehead atoms. The molecule has 0 unspecified atom stereocenters. The fourth-order valence-electron chi connectivity index (χ4n) is 2.18. The van der Waals surface area contributed by atoms with E-state index in [2.05, 4.69) is 10.2 Å². The molecule has 0 fully saturated rings. The van der Waals surface area contributed by atoms with Gasteiger partial charge in [0, 0.05) is 11.1 Å². The lowest BCUT2D eigenvalue weighted by atomic mass is 10.0. The van der Waals surface area contributed by atoms with E-state index < -0.39 is 0 Å². The van der Waals surface area contributed by atoms with Gasteiger partial charge in [-0.05, 0) is 46.0 Å². The minimum Gasteiger partial charge on any atom is -0.295 e. The van der Waals surface area contributed by atoms with Gasteiger partial charge in [-0.2, -0.15) is 5.10 Å². The largest absolute Gasteiger partial charge is 0.295 e. The molecular weight excluding hydrogens is 276 g/mol. The highest BCUT2D eigenvalue weighted by Crippen LogP contribution is 2.33. The van der Waals surface area contributed by atoms with Gasteiger partial charge in [-0.25, -0.2) is 0 Å². The number of nitro benzene ring substituents is 1. The highest BCUT2D eigenvalue weighted by Gasteiger charge is 2.26. The Balaban J connectivity index is 2.81. The Kier molecular flexibility index (Phi) is 3.47. The molecule has 20 heavy (non-hydrogen) atoms. The highest BCUT2D eigenvalue weighted by atomic mass is 32.1. The van der Waals surface area contributed by atoms with Crippen LogP contribution in [0.15, 0.2) is 18.2 Å². The van der Waals surface area contributed by atoms with Crippen molar-refractivity contribution in [1.29, 1.82) is 0 Å². The molecule has 2 aromatic rings. The van der Waals surface area contributed by atoms with Crippen LogP contribution in [0.4, 0.5) is 5.69 Å². The third kappa shape index (κ3) is 2.36. The van der Waals surface area contributed by atoms with Gasteiger partial charge in [0.25, 0.3) is 5.69 Å². The van der Waals surface area contributed by atoms with Crippen molar-refractivity contribution in [1.82, 2.24) is 14.8 Å². The molecule has 6 nitrogen and oxygen atoms in total. The van der Waals surface area contributed by atoms with Gasteiger partial charge in [0.15, 0.2) is 10.6 Å². The number of aryl methyl sites for hydroxylation is 1. The SMILES string of the molecule is Cc1cccc(-c2n[nH]c(=S)n2C(C)(C)C)c1[N+](=O)[O-]. The molecule has 0 aliphatic heterocycles. The first kappa shape index (κ1) is 14.4. The molecule has 0 radical (unpaired) electrons. The molecule has 1 aromatic heterocycles. The summed E-state index contributed by atoms with van der Waals surface area (Å²) in [4.78, 5) is 10.9. The summed E-state index contributed by atoms with van der Waals surface area (Å²) in [5.74, 6) is 0.484. The monoisotopic (exact) mass is 292 g/mol. The van der Waals surface area contributed by atoms with Gasteiger partial charge >= 0.3 is 0 Å². The molecule has 0 aliphatic rings. The zero-order valence-corrected chi connectivity index (χ0v) is 12.6. The van der Waals surface area contributed by atoms with Crippen LogP contribution in [-0.4, -0.2) is 19.7 Å². The fourth-order valence-corrected chi connectivity index (χ4v) is 2.59. The Bertz CT molecular complexity index is 725. The van der Waals surface area contributed by atoms with E-state index in [0.717, 1.165) is 0 Å². The van der Waals surface area contributed by atoms with Crippen LogP contribution in [0.3, 0.4) is 0 Å². The number of nitro groups is 1. The van der Waals surface area contributed by atoms with Crippen LogP contribution in [-0.2, 0) is 5.54 Å². The lowest BCUT2D eigenvalue weighted by Gasteiger charge is -2.22. The predicted molar refractivity (Wildman–Crippen MR) is 79.2 cm³/mol. The Morgan fingerprint density at radius 3 is 2.60 bits per heavy atom. The van der Waals surface area contributed by atoms with Crippen LogP contribution in [0.1, 0.15) is 26.3 Å². The molecule has 0 spiro atoms. The van der Waals surface area contributed by atoms with E-state index in [9.17, 15) is 10.1 Å². The zero-order chi connectivity index (χ0) is 15.1. The summed E-state index contributed by atoms with van der Waals surface area (Å²) in [5, 5.41) is 18.2. The van der Waals surface area contributed by atoms with Crippen molar-refractivity contribution < 1.29 is 4.92 Å². The molecule has 1 heterocycles. The van der Waals surface area contributed by atoms with Gasteiger partial charge in [0.1, 0.15) is 0 Å². The van der Waals surface area contributed by atoms with Crippen molar-refractivity contribution >= 4 is 17.9 Å². The predicted octanol–water partition coefficient (Wildman–Crippen LogP) is 3.58. The van der Waals surface area contributed by atoms with Crippen molar-refractivity contribution in [3.05, 3.63) is 38.6 Å². The van der Waals surface area contributed by atoms with Crippen molar-refractivity contribution in [3.8, 4) is 11.4 Å². The first-order valence-electron chi connectivity index (χ1n) is 6.15. The summed E-state index contributed by atoms with van der Waals surface area (Å²) in [6, 6.07) is 5.19. The maximum Gasteiger partial charge on any atom is 0.283 e. The standard InChI is InChI=1S/C13H16N4O2S/c1-8-6-5-7-9(10(8)17(18)19)11-14-15-12(20)16(11)13(2,3)4/h5-7H,1-4H3,(H,15,20). The number of nitrogens with one attached hydrogen (secondary N) is 1. The van der Waals surface area contributed by atoms with E-state index in [1.807, 2.05) is 20.8 Å². The summed E-state index contributed by atoms with van der Waals surface area (Å²) < 4.78 is 2.24. The lowest BCUT2D eigenvalue weighted by Crippen LogP contribution is -2.23. The van der Waals surface area contributed by atoms with Gasteiger partial charge in [-0.3, -0.25) is 19.8 Å². The topological polar surface area (TPSA) is 76.8 Å². The van der Waals surface area contributed by atoms with Gasteiger partial charge in [0.05, 0.1) is 10.5 Å². The van der Waals surface area contributed by atoms with Crippen LogP contribution < -0.4 is 0 Å². The molecule has 0 amide bonds. The Hall–Kier alpha value is -2.02. The molecule has 1 N–H and O–H groups in total. The number of hydrogen-bond acceptors (Lipinski definition) is 4. The number of aromatic amines is 1. The smallest absolute Gasteiger partial charge is 0.283 e. The molecule has 0 atom stereocenters. The van der Waals surface area contributed by atoms with Crippen LogP contribution in [0, 0.1) is 21.8 Å². The average Bonchev–Trinajstić information content (AvgIpc) is 2.69. The second kappa shape index (κ2) is 4.82. The van der Waals surface area contributed by atoms with Gasteiger partial charge in [-0.15, -0.1) is 0 Å². The first-order valence-corrected chi connectivity index (χ1v) is 6.56. The quantitative estimate of drug-likeness (QED) is 0.521. The number of nitrogens with zero attached hydrogens (tertiary/aromatic N) is 3. The van der Waals surface area contributed by atoms with E-state index in [4.69, 9.17) is 12.2 Å².